The molecule has 2 rings (SSSR count). The van der Waals surface area contributed by atoms with Crippen LogP contribution in [-0.2, 0) is 15.1 Å². The van der Waals surface area contributed by atoms with Crippen LogP contribution in [-0.4, -0.2) is 5.97 Å². The fourth-order valence-electron chi connectivity index (χ4n) is 2.79. The monoisotopic (exact) mass is 246 g/mol. The Morgan fingerprint density at radius 1 is 1.17 bits per heavy atom. The number of hydrogen-bond acceptors (Lipinski definition) is 2. The summed E-state index contributed by atoms with van der Waals surface area (Å²) in [7, 11) is 0. The Hall–Kier alpha value is -1.31. The lowest BCUT2D eigenvalue weighted by atomic mass is 9.79. The second-order valence-electron chi connectivity index (χ2n) is 5.15. The molecule has 1 fully saturated rings. The first-order valence-corrected chi connectivity index (χ1v) is 7.04. The van der Waals surface area contributed by atoms with Crippen molar-refractivity contribution in [2.75, 3.05) is 0 Å². The Balaban J connectivity index is 2.20. The smallest absolute Gasteiger partial charge is 0.306 e. The fourth-order valence-corrected chi connectivity index (χ4v) is 2.79. The molecular weight excluding hydrogens is 224 g/mol. The van der Waals surface area contributed by atoms with E-state index in [1.165, 1.54) is 6.42 Å². The summed E-state index contributed by atoms with van der Waals surface area (Å²) in [6, 6.07) is 10.2. The van der Waals surface area contributed by atoms with Gasteiger partial charge in [-0.25, -0.2) is 0 Å². The second-order valence-corrected chi connectivity index (χ2v) is 5.15. The van der Waals surface area contributed by atoms with Crippen molar-refractivity contribution in [3.05, 3.63) is 35.9 Å². The minimum Gasteiger partial charge on any atom is -0.454 e. The lowest BCUT2D eigenvalue weighted by molar-refractivity contribution is -0.165. The number of benzene rings is 1. The minimum atomic E-state index is -0.355. The maximum absolute atomic E-state index is 11.9. The molecule has 1 aliphatic carbocycles. The Morgan fingerprint density at radius 3 is 2.44 bits per heavy atom. The minimum absolute atomic E-state index is 0.0525. The van der Waals surface area contributed by atoms with Gasteiger partial charge < -0.3 is 4.74 Å². The summed E-state index contributed by atoms with van der Waals surface area (Å²) < 4.78 is 5.87. The van der Waals surface area contributed by atoms with Crippen molar-refractivity contribution in [2.45, 2.75) is 57.5 Å². The average molecular weight is 246 g/mol. The Labute approximate surface area is 109 Å². The summed E-state index contributed by atoms with van der Waals surface area (Å²) in [4.78, 5) is 11.9. The van der Waals surface area contributed by atoms with E-state index in [4.69, 9.17) is 4.74 Å². The molecule has 0 unspecified atom stereocenters. The van der Waals surface area contributed by atoms with E-state index in [2.05, 4.69) is 12.1 Å². The topological polar surface area (TPSA) is 26.3 Å². The van der Waals surface area contributed by atoms with Crippen molar-refractivity contribution >= 4 is 5.97 Å². The number of hydrogen-bond donors (Lipinski definition) is 0. The molecular formula is C16H22O2. The van der Waals surface area contributed by atoms with Crippen LogP contribution in [0.1, 0.15) is 57.4 Å². The summed E-state index contributed by atoms with van der Waals surface area (Å²) in [6.07, 6.45) is 6.85. The summed E-state index contributed by atoms with van der Waals surface area (Å²) >= 11 is 0. The van der Waals surface area contributed by atoms with Gasteiger partial charge in [-0.2, -0.15) is 0 Å². The van der Waals surface area contributed by atoms with E-state index in [1.807, 2.05) is 25.1 Å². The summed E-state index contributed by atoms with van der Waals surface area (Å²) in [5.74, 6) is -0.0525. The van der Waals surface area contributed by atoms with Crippen molar-refractivity contribution in [2.24, 2.45) is 0 Å². The molecule has 0 heterocycles. The zero-order valence-corrected chi connectivity index (χ0v) is 11.2. The van der Waals surface area contributed by atoms with Crippen LogP contribution < -0.4 is 0 Å². The molecule has 1 saturated carbocycles. The van der Waals surface area contributed by atoms with E-state index in [1.54, 1.807) is 0 Å². The maximum atomic E-state index is 11.9. The van der Waals surface area contributed by atoms with Gasteiger partial charge in [-0.1, -0.05) is 43.7 Å². The molecule has 0 radical (unpaired) electrons. The average Bonchev–Trinajstić information content (AvgIpc) is 2.41. The summed E-state index contributed by atoms with van der Waals surface area (Å²) in [6.45, 7) is 2.01. The molecule has 18 heavy (non-hydrogen) atoms. The molecule has 2 nitrogen and oxygen atoms in total. The Kier molecular flexibility index (Phi) is 4.40. The van der Waals surface area contributed by atoms with Crippen molar-refractivity contribution < 1.29 is 9.53 Å². The van der Waals surface area contributed by atoms with Crippen LogP contribution in [0.3, 0.4) is 0 Å². The van der Waals surface area contributed by atoms with E-state index in [-0.39, 0.29) is 11.6 Å². The predicted octanol–water partition coefficient (Wildman–Crippen LogP) is 4.19. The second kappa shape index (κ2) is 6.03. The highest BCUT2D eigenvalue weighted by Crippen LogP contribution is 2.40. The molecule has 0 atom stereocenters. The molecule has 98 valence electrons. The third-order valence-electron chi connectivity index (χ3n) is 3.72. The molecule has 2 heteroatoms. The predicted molar refractivity (Wildman–Crippen MR) is 72.2 cm³/mol. The van der Waals surface area contributed by atoms with Crippen LogP contribution in [0.15, 0.2) is 30.3 Å². The lowest BCUT2D eigenvalue weighted by Crippen LogP contribution is -2.34. The molecule has 1 aromatic rings. The van der Waals surface area contributed by atoms with Crippen LogP contribution in [0.4, 0.5) is 0 Å². The van der Waals surface area contributed by atoms with Gasteiger partial charge in [0.2, 0.25) is 0 Å². The number of esters is 1. The molecule has 0 saturated heterocycles. The number of ether oxygens (including phenoxy) is 1. The lowest BCUT2D eigenvalue weighted by Gasteiger charge is -2.37. The highest BCUT2D eigenvalue weighted by Gasteiger charge is 2.37. The van der Waals surface area contributed by atoms with Crippen molar-refractivity contribution in [1.82, 2.24) is 0 Å². The SMILES string of the molecule is CCCC(=O)OC1(c2ccccc2)CCCCC1. The van der Waals surface area contributed by atoms with Crippen molar-refractivity contribution in [3.63, 3.8) is 0 Å². The van der Waals surface area contributed by atoms with Crippen LogP contribution in [0.5, 0.6) is 0 Å². The normalized spacial score (nSPS) is 18.3. The molecule has 0 amide bonds. The molecule has 1 aromatic carbocycles. The van der Waals surface area contributed by atoms with Gasteiger partial charge in [-0.15, -0.1) is 0 Å². The van der Waals surface area contributed by atoms with E-state index < -0.39 is 0 Å². The zero-order chi connectivity index (χ0) is 12.8. The molecule has 0 aliphatic heterocycles. The zero-order valence-electron chi connectivity index (χ0n) is 11.2. The third-order valence-corrected chi connectivity index (χ3v) is 3.72. The van der Waals surface area contributed by atoms with E-state index in [0.717, 1.165) is 37.7 Å². The highest BCUT2D eigenvalue weighted by molar-refractivity contribution is 5.70. The van der Waals surface area contributed by atoms with Gasteiger partial charge in [0.1, 0.15) is 5.60 Å². The van der Waals surface area contributed by atoms with Crippen LogP contribution >= 0.6 is 0 Å². The van der Waals surface area contributed by atoms with Gasteiger partial charge in [0.15, 0.2) is 0 Å². The number of carbonyl (C=O) groups is 1. The standard InChI is InChI=1S/C16H22O2/c1-2-9-15(17)18-16(12-7-4-8-13-16)14-10-5-3-6-11-14/h3,5-6,10-11H,2,4,7-9,12-13H2,1H3. The van der Waals surface area contributed by atoms with Gasteiger partial charge in [-0.05, 0) is 37.7 Å². The fraction of sp³-hybridized carbons (Fsp3) is 0.562. The number of carbonyl (C=O) groups excluding carboxylic acids is 1. The molecule has 0 spiro atoms. The Morgan fingerprint density at radius 2 is 1.83 bits per heavy atom. The van der Waals surface area contributed by atoms with Gasteiger partial charge >= 0.3 is 5.97 Å². The Bertz CT molecular complexity index is 377. The van der Waals surface area contributed by atoms with Crippen LogP contribution in [0.2, 0.25) is 0 Å². The molecule has 0 N–H and O–H groups in total. The first-order chi connectivity index (χ1) is 8.77. The first-order valence-electron chi connectivity index (χ1n) is 7.04. The molecule has 0 bridgehead atoms. The molecule has 1 aliphatic rings. The van der Waals surface area contributed by atoms with E-state index in [0.29, 0.717) is 6.42 Å². The van der Waals surface area contributed by atoms with Crippen LogP contribution in [0.25, 0.3) is 0 Å². The van der Waals surface area contributed by atoms with Crippen molar-refractivity contribution in [3.8, 4) is 0 Å². The largest absolute Gasteiger partial charge is 0.454 e. The van der Waals surface area contributed by atoms with Gasteiger partial charge in [0, 0.05) is 6.42 Å². The maximum Gasteiger partial charge on any atom is 0.306 e. The van der Waals surface area contributed by atoms with Gasteiger partial charge in [-0.3, -0.25) is 4.79 Å². The van der Waals surface area contributed by atoms with Gasteiger partial charge in [0.25, 0.3) is 0 Å². The van der Waals surface area contributed by atoms with E-state index in [9.17, 15) is 4.79 Å². The number of rotatable bonds is 4. The summed E-state index contributed by atoms with van der Waals surface area (Å²) in [5, 5.41) is 0. The highest BCUT2D eigenvalue weighted by atomic mass is 16.6. The first kappa shape index (κ1) is 13.1. The van der Waals surface area contributed by atoms with Crippen LogP contribution in [0, 0.1) is 0 Å². The third kappa shape index (κ3) is 2.92. The van der Waals surface area contributed by atoms with Crippen molar-refractivity contribution in [1.29, 1.82) is 0 Å². The summed E-state index contributed by atoms with van der Waals surface area (Å²) in [5.41, 5.74) is 0.806. The van der Waals surface area contributed by atoms with Gasteiger partial charge in [0.05, 0.1) is 0 Å². The molecule has 0 aromatic heterocycles. The van der Waals surface area contributed by atoms with E-state index >= 15 is 0 Å². The quantitative estimate of drug-likeness (QED) is 0.745.